The zero-order valence-corrected chi connectivity index (χ0v) is 19.5. The fourth-order valence-corrected chi connectivity index (χ4v) is 3.34. The molecular weight excluding hydrogens is 434 g/mol. The fraction of sp³-hybridized carbons (Fsp3) is 0.148. The first kappa shape index (κ1) is 24.3. The van der Waals surface area contributed by atoms with Gasteiger partial charge in [0.2, 0.25) is 11.7 Å². The molecule has 0 saturated heterocycles. The number of para-hydroxylation sites is 1. The summed E-state index contributed by atoms with van der Waals surface area (Å²) in [6.07, 6.45) is 6.75. The van der Waals surface area contributed by atoms with E-state index < -0.39 is 0 Å². The number of nitrogens with one attached hydrogen (secondary N) is 1. The van der Waals surface area contributed by atoms with Gasteiger partial charge in [0.1, 0.15) is 11.5 Å². The lowest BCUT2D eigenvalue weighted by atomic mass is 10.1. The lowest BCUT2D eigenvalue weighted by molar-refractivity contribution is -0.111. The molecule has 3 aromatic rings. The minimum atomic E-state index is -0.338. The summed E-state index contributed by atoms with van der Waals surface area (Å²) in [6.45, 7) is 0. The molecule has 0 atom stereocenters. The molecule has 3 rings (SSSR count). The van der Waals surface area contributed by atoms with Crippen LogP contribution in [0.25, 0.3) is 18.2 Å². The van der Waals surface area contributed by atoms with Crippen LogP contribution in [0.4, 0.5) is 5.69 Å². The van der Waals surface area contributed by atoms with E-state index in [4.69, 9.17) is 18.9 Å². The van der Waals surface area contributed by atoms with E-state index in [2.05, 4.69) is 5.32 Å². The largest absolute Gasteiger partial charge is 0.508 e. The van der Waals surface area contributed by atoms with Crippen LogP contribution in [0.3, 0.4) is 0 Å². The Morgan fingerprint density at radius 2 is 1.44 bits per heavy atom. The number of carbonyl (C=O) groups excluding carboxylic acids is 1. The Balaban J connectivity index is 1.89. The summed E-state index contributed by atoms with van der Waals surface area (Å²) in [5.41, 5.74) is 2.79. The molecule has 7 nitrogen and oxygen atoms in total. The molecule has 2 N–H and O–H groups in total. The number of aromatic hydroxyl groups is 1. The van der Waals surface area contributed by atoms with Gasteiger partial charge in [0.25, 0.3) is 0 Å². The number of amides is 1. The van der Waals surface area contributed by atoms with Crippen LogP contribution < -0.4 is 24.3 Å². The van der Waals surface area contributed by atoms with Crippen LogP contribution in [0.1, 0.15) is 16.7 Å². The van der Waals surface area contributed by atoms with Gasteiger partial charge in [-0.1, -0.05) is 36.4 Å². The molecule has 0 fully saturated rings. The van der Waals surface area contributed by atoms with Gasteiger partial charge in [-0.15, -0.1) is 0 Å². The Bertz CT molecular complexity index is 1190. The Kier molecular flexibility index (Phi) is 8.18. The topological polar surface area (TPSA) is 86.3 Å². The van der Waals surface area contributed by atoms with Gasteiger partial charge in [0.05, 0.1) is 34.1 Å². The number of benzene rings is 3. The van der Waals surface area contributed by atoms with Crippen molar-refractivity contribution in [1.29, 1.82) is 0 Å². The highest BCUT2D eigenvalue weighted by atomic mass is 16.5. The zero-order chi connectivity index (χ0) is 24.5. The van der Waals surface area contributed by atoms with Crippen LogP contribution >= 0.6 is 0 Å². The third kappa shape index (κ3) is 5.89. The van der Waals surface area contributed by atoms with Gasteiger partial charge < -0.3 is 29.4 Å². The minimum absolute atomic E-state index is 0.131. The molecule has 1 amide bonds. The predicted octanol–water partition coefficient (Wildman–Crippen LogP) is 5.25. The maximum absolute atomic E-state index is 12.6. The summed E-state index contributed by atoms with van der Waals surface area (Å²) in [6, 6.07) is 15.8. The molecule has 0 aliphatic carbocycles. The van der Waals surface area contributed by atoms with Crippen molar-refractivity contribution < 1.29 is 28.8 Å². The normalized spacial score (nSPS) is 10.9. The van der Waals surface area contributed by atoms with E-state index in [-0.39, 0.29) is 11.7 Å². The first-order valence-corrected chi connectivity index (χ1v) is 10.4. The van der Waals surface area contributed by atoms with Crippen molar-refractivity contribution in [1.82, 2.24) is 0 Å². The summed E-state index contributed by atoms with van der Waals surface area (Å²) >= 11 is 0. The molecule has 0 heterocycles. The van der Waals surface area contributed by atoms with Gasteiger partial charge in [-0.2, -0.15) is 0 Å². The molecule has 0 saturated carbocycles. The molecular formula is C27H27NO6. The molecule has 176 valence electrons. The van der Waals surface area contributed by atoms with E-state index in [9.17, 15) is 9.90 Å². The van der Waals surface area contributed by atoms with Gasteiger partial charge in [-0.05, 0) is 47.5 Å². The van der Waals surface area contributed by atoms with Gasteiger partial charge in [0, 0.05) is 11.6 Å². The van der Waals surface area contributed by atoms with Crippen LogP contribution in [0.5, 0.6) is 28.7 Å². The first-order chi connectivity index (χ1) is 16.5. The Labute approximate surface area is 198 Å². The van der Waals surface area contributed by atoms with Crippen LogP contribution in [0, 0.1) is 0 Å². The minimum Gasteiger partial charge on any atom is -0.508 e. The molecule has 0 aliphatic heterocycles. The average Bonchev–Trinajstić information content (AvgIpc) is 2.86. The maximum Gasteiger partial charge on any atom is 0.248 e. The number of phenolic OH excluding ortho intramolecular Hbond substituents is 1. The molecule has 0 aromatic heterocycles. The molecule has 0 unspecified atom stereocenters. The lowest BCUT2D eigenvalue weighted by Gasteiger charge is -2.13. The predicted molar refractivity (Wildman–Crippen MR) is 134 cm³/mol. The van der Waals surface area contributed by atoms with Gasteiger partial charge >= 0.3 is 0 Å². The Hall–Kier alpha value is -4.39. The zero-order valence-electron chi connectivity index (χ0n) is 19.5. The second-order valence-electron chi connectivity index (χ2n) is 7.13. The quantitative estimate of drug-likeness (QED) is 0.334. The van der Waals surface area contributed by atoms with Crippen molar-refractivity contribution in [3.8, 4) is 28.7 Å². The highest BCUT2D eigenvalue weighted by Gasteiger charge is 2.13. The fourth-order valence-electron chi connectivity index (χ4n) is 3.34. The number of methoxy groups -OCH3 is 4. The smallest absolute Gasteiger partial charge is 0.248 e. The lowest BCUT2D eigenvalue weighted by Crippen LogP contribution is -2.10. The number of phenols is 1. The first-order valence-electron chi connectivity index (χ1n) is 10.4. The van der Waals surface area contributed by atoms with E-state index in [0.29, 0.717) is 34.2 Å². The van der Waals surface area contributed by atoms with Crippen molar-refractivity contribution in [3.63, 3.8) is 0 Å². The number of hydrogen-bond donors (Lipinski definition) is 2. The van der Waals surface area contributed by atoms with E-state index in [1.54, 1.807) is 64.8 Å². The van der Waals surface area contributed by atoms with Crippen LogP contribution in [0.15, 0.2) is 60.7 Å². The number of hydrogen-bond acceptors (Lipinski definition) is 6. The summed E-state index contributed by atoms with van der Waals surface area (Å²) in [4.78, 5) is 12.6. The van der Waals surface area contributed by atoms with Gasteiger partial charge in [0.15, 0.2) is 11.5 Å². The van der Waals surface area contributed by atoms with Crippen molar-refractivity contribution in [3.05, 3.63) is 77.4 Å². The average molecular weight is 462 g/mol. The van der Waals surface area contributed by atoms with Crippen LogP contribution in [0.2, 0.25) is 0 Å². The number of carbonyl (C=O) groups is 1. The molecule has 0 spiro atoms. The molecule has 3 aromatic carbocycles. The third-order valence-electron chi connectivity index (χ3n) is 4.97. The molecule has 0 aliphatic rings. The van der Waals surface area contributed by atoms with Crippen LogP contribution in [-0.2, 0) is 4.79 Å². The monoisotopic (exact) mass is 461 g/mol. The van der Waals surface area contributed by atoms with Crippen LogP contribution in [-0.4, -0.2) is 39.5 Å². The summed E-state index contributed by atoms with van der Waals surface area (Å²) in [5.74, 6) is 1.90. The molecule has 7 heteroatoms. The van der Waals surface area contributed by atoms with Gasteiger partial charge in [-0.3, -0.25) is 4.79 Å². The second-order valence-corrected chi connectivity index (χ2v) is 7.13. The van der Waals surface area contributed by atoms with Crippen molar-refractivity contribution in [2.24, 2.45) is 0 Å². The number of rotatable bonds is 9. The summed E-state index contributed by atoms with van der Waals surface area (Å²) in [7, 11) is 6.21. The number of ether oxygens (including phenoxy) is 4. The van der Waals surface area contributed by atoms with Gasteiger partial charge in [-0.25, -0.2) is 0 Å². The molecule has 0 radical (unpaired) electrons. The van der Waals surface area contributed by atoms with E-state index in [1.165, 1.54) is 6.08 Å². The van der Waals surface area contributed by atoms with Crippen molar-refractivity contribution >= 4 is 29.8 Å². The number of anilines is 1. The summed E-state index contributed by atoms with van der Waals surface area (Å²) < 4.78 is 21.7. The maximum atomic E-state index is 12.6. The van der Waals surface area contributed by atoms with Crippen molar-refractivity contribution in [2.45, 2.75) is 0 Å². The summed E-state index contributed by atoms with van der Waals surface area (Å²) in [5, 5.41) is 12.5. The van der Waals surface area contributed by atoms with E-state index in [1.807, 2.05) is 36.4 Å². The Morgan fingerprint density at radius 1 is 0.765 bits per heavy atom. The molecule has 34 heavy (non-hydrogen) atoms. The SMILES string of the molecule is COc1cccc(C=Cc2cc(OC)c(OC)c(OC)c2)c1NC(=O)/C=C/c1cccc(O)c1. The van der Waals surface area contributed by atoms with E-state index in [0.717, 1.165) is 11.1 Å². The highest BCUT2D eigenvalue weighted by molar-refractivity contribution is 6.04. The standard InChI is InChI=1S/C27H27NO6/c1-31-22-10-6-8-20(13-11-19-16-23(32-2)27(34-4)24(17-19)33-3)26(22)28-25(30)14-12-18-7-5-9-21(29)15-18/h5-17,29H,1-4H3,(H,28,30)/b13-11?,14-12+. The second kappa shape index (κ2) is 11.5. The van der Waals surface area contributed by atoms with E-state index >= 15 is 0 Å². The third-order valence-corrected chi connectivity index (χ3v) is 4.97. The Morgan fingerprint density at radius 3 is 2.06 bits per heavy atom. The highest BCUT2D eigenvalue weighted by Crippen LogP contribution is 2.39. The molecule has 0 bridgehead atoms. The van der Waals surface area contributed by atoms with Crippen molar-refractivity contribution in [2.75, 3.05) is 33.8 Å².